The Hall–Kier alpha value is -1.23. The monoisotopic (exact) mass is 266 g/mol. The van der Waals surface area contributed by atoms with Gasteiger partial charge in [-0.2, -0.15) is 11.8 Å². The van der Waals surface area contributed by atoms with E-state index in [1.807, 2.05) is 30.8 Å². The van der Waals surface area contributed by atoms with E-state index in [4.69, 9.17) is 0 Å². The summed E-state index contributed by atoms with van der Waals surface area (Å²) in [5.41, 5.74) is 1.75. The molecule has 0 spiro atoms. The molecule has 0 aromatic heterocycles. The van der Waals surface area contributed by atoms with Crippen molar-refractivity contribution in [1.82, 2.24) is 0 Å². The summed E-state index contributed by atoms with van der Waals surface area (Å²) < 4.78 is 0. The van der Waals surface area contributed by atoms with Crippen molar-refractivity contribution < 1.29 is 4.92 Å². The van der Waals surface area contributed by atoms with Gasteiger partial charge in [0.05, 0.1) is 4.92 Å². The highest BCUT2D eigenvalue weighted by atomic mass is 32.2. The number of rotatable bonds is 4. The van der Waals surface area contributed by atoms with Crippen LogP contribution in [0.5, 0.6) is 0 Å². The molecule has 2 atom stereocenters. The highest BCUT2D eigenvalue weighted by Gasteiger charge is 2.28. The third-order valence-corrected chi connectivity index (χ3v) is 4.62. The minimum Gasteiger partial charge on any atom is -0.376 e. The van der Waals surface area contributed by atoms with E-state index in [1.54, 1.807) is 6.07 Å². The molecule has 2 rings (SSSR count). The van der Waals surface area contributed by atoms with Crippen molar-refractivity contribution in [3.63, 3.8) is 0 Å². The molecule has 1 fully saturated rings. The maximum absolute atomic E-state index is 11.1. The summed E-state index contributed by atoms with van der Waals surface area (Å²) in [4.78, 5) is 10.8. The summed E-state index contributed by atoms with van der Waals surface area (Å²) in [6.45, 7) is 1.87. The first-order valence-corrected chi connectivity index (χ1v) is 7.45. The second kappa shape index (κ2) is 5.61. The number of aryl methyl sites for hydroxylation is 1. The fourth-order valence-corrected chi connectivity index (χ4v) is 3.42. The predicted octanol–water partition coefficient (Wildman–Crippen LogP) is 3.60. The number of hydrogen-bond acceptors (Lipinski definition) is 4. The molecule has 0 radical (unpaired) electrons. The molecule has 98 valence electrons. The Kier molecular flexibility index (Phi) is 4.11. The molecule has 1 aliphatic rings. The van der Waals surface area contributed by atoms with Gasteiger partial charge in [-0.25, -0.2) is 0 Å². The topological polar surface area (TPSA) is 55.2 Å². The van der Waals surface area contributed by atoms with Gasteiger partial charge in [-0.1, -0.05) is 12.5 Å². The van der Waals surface area contributed by atoms with E-state index in [9.17, 15) is 10.1 Å². The first-order valence-electron chi connectivity index (χ1n) is 6.16. The Labute approximate surface area is 111 Å². The van der Waals surface area contributed by atoms with E-state index in [2.05, 4.69) is 11.6 Å². The van der Waals surface area contributed by atoms with Crippen molar-refractivity contribution in [3.8, 4) is 0 Å². The number of hydrogen-bond donors (Lipinski definition) is 1. The number of nitrogens with one attached hydrogen (secondary N) is 1. The van der Waals surface area contributed by atoms with Gasteiger partial charge in [-0.15, -0.1) is 0 Å². The van der Waals surface area contributed by atoms with Crippen LogP contribution in [0.2, 0.25) is 0 Å². The van der Waals surface area contributed by atoms with Crippen LogP contribution < -0.4 is 5.32 Å². The summed E-state index contributed by atoms with van der Waals surface area (Å²) in [5.74, 6) is 0. The fraction of sp³-hybridized carbons (Fsp3) is 0.538. The minimum absolute atomic E-state index is 0.182. The van der Waals surface area contributed by atoms with E-state index in [-0.39, 0.29) is 10.6 Å². The Morgan fingerprint density at radius 1 is 1.44 bits per heavy atom. The molecule has 1 N–H and O–H groups in total. The van der Waals surface area contributed by atoms with Crippen LogP contribution in [0, 0.1) is 17.0 Å². The second-order valence-corrected chi connectivity index (χ2v) is 5.81. The van der Waals surface area contributed by atoms with E-state index in [0.29, 0.717) is 17.0 Å². The second-order valence-electron chi connectivity index (χ2n) is 4.73. The van der Waals surface area contributed by atoms with Crippen LogP contribution in [0.25, 0.3) is 0 Å². The van der Waals surface area contributed by atoms with Gasteiger partial charge < -0.3 is 5.32 Å². The predicted molar refractivity (Wildman–Crippen MR) is 76.4 cm³/mol. The molecule has 5 heteroatoms. The number of benzene rings is 1. The lowest BCUT2D eigenvalue weighted by Gasteiger charge is -2.20. The molecular weight excluding hydrogens is 248 g/mol. The molecule has 1 aliphatic carbocycles. The molecule has 1 aromatic carbocycles. The number of nitro groups is 1. The van der Waals surface area contributed by atoms with Crippen molar-refractivity contribution in [1.29, 1.82) is 0 Å². The highest BCUT2D eigenvalue weighted by Crippen LogP contribution is 2.33. The first kappa shape index (κ1) is 13.2. The van der Waals surface area contributed by atoms with Crippen LogP contribution in [-0.4, -0.2) is 22.5 Å². The summed E-state index contributed by atoms with van der Waals surface area (Å²) in [6.07, 6.45) is 5.59. The molecule has 0 saturated heterocycles. The van der Waals surface area contributed by atoms with Crippen LogP contribution in [0.3, 0.4) is 0 Å². The minimum atomic E-state index is -0.307. The average molecular weight is 266 g/mol. The maximum atomic E-state index is 11.1. The third-order valence-electron chi connectivity index (χ3n) is 3.45. The smallest absolute Gasteiger partial charge is 0.292 e. The number of nitro benzene ring substituents is 1. The zero-order valence-corrected chi connectivity index (χ0v) is 11.5. The standard InChI is InChI=1S/C13H18N2O2S/c1-9-6-7-10(12(8-9)15(16)17)14-11-4-3-5-13(11)18-2/h6-8,11,13-14H,3-5H2,1-2H3. The lowest BCUT2D eigenvalue weighted by atomic mass is 10.1. The molecule has 0 aliphatic heterocycles. The normalized spacial score (nSPS) is 23.0. The van der Waals surface area contributed by atoms with Crippen LogP contribution in [0.1, 0.15) is 24.8 Å². The molecule has 0 heterocycles. The zero-order valence-electron chi connectivity index (χ0n) is 10.7. The van der Waals surface area contributed by atoms with Gasteiger partial charge in [-0.3, -0.25) is 10.1 Å². The number of anilines is 1. The van der Waals surface area contributed by atoms with Crippen LogP contribution in [-0.2, 0) is 0 Å². The van der Waals surface area contributed by atoms with Crippen LogP contribution in [0.15, 0.2) is 18.2 Å². The fourth-order valence-electron chi connectivity index (χ4n) is 2.49. The highest BCUT2D eigenvalue weighted by molar-refractivity contribution is 7.99. The van der Waals surface area contributed by atoms with Crippen molar-refractivity contribution in [2.45, 2.75) is 37.5 Å². The summed E-state index contributed by atoms with van der Waals surface area (Å²) in [5, 5.41) is 15.0. The van der Waals surface area contributed by atoms with E-state index in [0.717, 1.165) is 12.0 Å². The Balaban J connectivity index is 2.20. The van der Waals surface area contributed by atoms with Crippen molar-refractivity contribution in [2.75, 3.05) is 11.6 Å². The summed E-state index contributed by atoms with van der Waals surface area (Å²) in [7, 11) is 0. The average Bonchev–Trinajstić information content (AvgIpc) is 2.78. The molecule has 2 unspecified atom stereocenters. The quantitative estimate of drug-likeness (QED) is 0.668. The molecule has 0 bridgehead atoms. The Morgan fingerprint density at radius 3 is 2.89 bits per heavy atom. The van der Waals surface area contributed by atoms with Gasteiger partial charge in [0.1, 0.15) is 5.69 Å². The molecule has 0 amide bonds. The SMILES string of the molecule is CSC1CCCC1Nc1ccc(C)cc1[N+](=O)[O-]. The maximum Gasteiger partial charge on any atom is 0.292 e. The molecule has 1 aromatic rings. The summed E-state index contributed by atoms with van der Waals surface area (Å²) in [6, 6.07) is 5.72. The van der Waals surface area contributed by atoms with Gasteiger partial charge in [0, 0.05) is 17.4 Å². The van der Waals surface area contributed by atoms with Gasteiger partial charge in [-0.05, 0) is 37.7 Å². The third kappa shape index (κ3) is 2.77. The van der Waals surface area contributed by atoms with Crippen molar-refractivity contribution in [2.24, 2.45) is 0 Å². The number of thioether (sulfide) groups is 1. The van der Waals surface area contributed by atoms with Crippen molar-refractivity contribution >= 4 is 23.1 Å². The molecule has 1 saturated carbocycles. The lowest BCUT2D eigenvalue weighted by molar-refractivity contribution is -0.384. The molecule has 4 nitrogen and oxygen atoms in total. The zero-order chi connectivity index (χ0) is 13.1. The Morgan fingerprint density at radius 2 is 2.22 bits per heavy atom. The summed E-state index contributed by atoms with van der Waals surface area (Å²) >= 11 is 1.84. The van der Waals surface area contributed by atoms with Gasteiger partial charge in [0.2, 0.25) is 0 Å². The van der Waals surface area contributed by atoms with Crippen LogP contribution >= 0.6 is 11.8 Å². The van der Waals surface area contributed by atoms with E-state index < -0.39 is 0 Å². The molecular formula is C13H18N2O2S. The van der Waals surface area contributed by atoms with E-state index >= 15 is 0 Å². The number of nitrogens with zero attached hydrogens (tertiary/aromatic N) is 1. The van der Waals surface area contributed by atoms with E-state index in [1.165, 1.54) is 12.8 Å². The van der Waals surface area contributed by atoms with Crippen molar-refractivity contribution in [3.05, 3.63) is 33.9 Å². The Bertz CT molecular complexity index is 451. The van der Waals surface area contributed by atoms with Gasteiger partial charge in [0.25, 0.3) is 5.69 Å². The van der Waals surface area contributed by atoms with Crippen LogP contribution in [0.4, 0.5) is 11.4 Å². The van der Waals surface area contributed by atoms with Gasteiger partial charge >= 0.3 is 0 Å². The van der Waals surface area contributed by atoms with Gasteiger partial charge in [0.15, 0.2) is 0 Å². The largest absolute Gasteiger partial charge is 0.376 e. The lowest BCUT2D eigenvalue weighted by Crippen LogP contribution is -2.26. The molecule has 18 heavy (non-hydrogen) atoms. The first-order chi connectivity index (χ1) is 8.61.